The van der Waals surface area contributed by atoms with E-state index in [4.69, 9.17) is 0 Å². The van der Waals surface area contributed by atoms with Gasteiger partial charge in [-0.2, -0.15) is 0 Å². The minimum atomic E-state index is -0.137. The third-order valence-electron chi connectivity index (χ3n) is 4.30. The van der Waals surface area contributed by atoms with Crippen LogP contribution in [0.2, 0.25) is 0 Å². The number of aldehydes is 1. The fourth-order valence-corrected chi connectivity index (χ4v) is 3.20. The third kappa shape index (κ3) is 1.74. The van der Waals surface area contributed by atoms with E-state index >= 15 is 0 Å². The Labute approximate surface area is 103 Å². The minimum absolute atomic E-state index is 0.137. The molecule has 0 aliphatic heterocycles. The highest BCUT2D eigenvalue weighted by molar-refractivity contribution is 5.73. The lowest BCUT2D eigenvalue weighted by Gasteiger charge is -2.19. The number of carbonyl (C=O) groups is 1. The van der Waals surface area contributed by atoms with Crippen LogP contribution in [0, 0.1) is 5.41 Å². The molecule has 17 heavy (non-hydrogen) atoms. The molecular weight excluding hydrogens is 208 g/mol. The summed E-state index contributed by atoms with van der Waals surface area (Å²) >= 11 is 0. The van der Waals surface area contributed by atoms with Crippen molar-refractivity contribution in [3.8, 4) is 0 Å². The first kappa shape index (κ1) is 10.8. The Morgan fingerprint density at radius 1 is 1.18 bits per heavy atom. The summed E-state index contributed by atoms with van der Waals surface area (Å²) in [6.45, 7) is 0. The summed E-state index contributed by atoms with van der Waals surface area (Å²) in [5, 5.41) is 0. The Bertz CT molecular complexity index is 446. The van der Waals surface area contributed by atoms with Crippen molar-refractivity contribution in [2.24, 2.45) is 5.41 Å². The molecule has 2 aliphatic rings. The van der Waals surface area contributed by atoms with Gasteiger partial charge in [-0.1, -0.05) is 42.0 Å². The van der Waals surface area contributed by atoms with Crippen LogP contribution in [0.15, 0.2) is 42.0 Å². The van der Waals surface area contributed by atoms with E-state index in [9.17, 15) is 4.79 Å². The molecule has 0 saturated heterocycles. The van der Waals surface area contributed by atoms with Crippen molar-refractivity contribution < 1.29 is 4.79 Å². The van der Waals surface area contributed by atoms with Gasteiger partial charge in [0.15, 0.2) is 0 Å². The summed E-state index contributed by atoms with van der Waals surface area (Å²) in [6.07, 6.45) is 9.38. The zero-order valence-electron chi connectivity index (χ0n) is 10.1. The zero-order valence-corrected chi connectivity index (χ0v) is 10.1. The topological polar surface area (TPSA) is 17.1 Å². The molecular formula is C16H18O. The van der Waals surface area contributed by atoms with Crippen molar-refractivity contribution in [2.45, 2.75) is 38.0 Å². The highest BCUT2D eigenvalue weighted by Gasteiger charge is 2.56. The largest absolute Gasteiger partial charge is 0.302 e. The van der Waals surface area contributed by atoms with Gasteiger partial charge in [0.1, 0.15) is 6.29 Å². The first-order chi connectivity index (χ1) is 8.37. The van der Waals surface area contributed by atoms with Gasteiger partial charge >= 0.3 is 0 Å². The lowest BCUT2D eigenvalue weighted by molar-refractivity contribution is -0.111. The number of allylic oxidation sites excluding steroid dienone is 2. The van der Waals surface area contributed by atoms with Crippen LogP contribution in [0.1, 0.15) is 43.6 Å². The maximum absolute atomic E-state index is 11.5. The highest BCUT2D eigenvalue weighted by atomic mass is 16.1. The van der Waals surface area contributed by atoms with Crippen molar-refractivity contribution in [1.82, 2.24) is 0 Å². The second-order valence-corrected chi connectivity index (χ2v) is 5.30. The molecule has 88 valence electrons. The van der Waals surface area contributed by atoms with Crippen molar-refractivity contribution in [1.29, 1.82) is 0 Å². The molecule has 1 fully saturated rings. The number of hydrogen-bond acceptors (Lipinski definition) is 1. The Kier molecular flexibility index (Phi) is 2.62. The van der Waals surface area contributed by atoms with E-state index in [1.54, 1.807) is 0 Å². The molecule has 1 heteroatoms. The lowest BCUT2D eigenvalue weighted by atomic mass is 9.85. The maximum atomic E-state index is 11.5. The molecule has 1 nitrogen and oxygen atoms in total. The Hall–Kier alpha value is -1.37. The lowest BCUT2D eigenvalue weighted by Crippen LogP contribution is -2.11. The van der Waals surface area contributed by atoms with Crippen molar-refractivity contribution >= 4 is 6.29 Å². The molecule has 1 aromatic carbocycles. The van der Waals surface area contributed by atoms with Gasteiger partial charge in [-0.05, 0) is 37.7 Å². The Balaban J connectivity index is 1.87. The van der Waals surface area contributed by atoms with Crippen LogP contribution in [0.5, 0.6) is 0 Å². The standard InChI is InChI=1S/C16H18O/c17-12-16(14-9-5-2-6-10-14)11-15(16)13-7-3-1-4-8-13/h1,3-4,7-9,12,15H,2,5-6,10-11H2/t15-,16-/m1/s1. The maximum Gasteiger partial charge on any atom is 0.130 e. The van der Waals surface area contributed by atoms with Crippen LogP contribution in [-0.2, 0) is 4.79 Å². The van der Waals surface area contributed by atoms with Gasteiger partial charge in [0.2, 0.25) is 0 Å². The van der Waals surface area contributed by atoms with Crippen LogP contribution in [0.4, 0.5) is 0 Å². The average Bonchev–Trinajstić information content (AvgIpc) is 3.17. The summed E-state index contributed by atoms with van der Waals surface area (Å²) in [4.78, 5) is 11.5. The fourth-order valence-electron chi connectivity index (χ4n) is 3.20. The number of rotatable bonds is 3. The van der Waals surface area contributed by atoms with E-state index in [2.05, 4.69) is 30.3 Å². The molecule has 0 bridgehead atoms. The van der Waals surface area contributed by atoms with Crippen LogP contribution in [0.3, 0.4) is 0 Å². The summed E-state index contributed by atoms with van der Waals surface area (Å²) < 4.78 is 0. The van der Waals surface area contributed by atoms with E-state index in [1.165, 1.54) is 30.3 Å². The molecule has 2 aliphatic carbocycles. The quantitative estimate of drug-likeness (QED) is 0.565. The third-order valence-corrected chi connectivity index (χ3v) is 4.30. The molecule has 0 amide bonds. The first-order valence-corrected chi connectivity index (χ1v) is 6.57. The molecule has 0 aromatic heterocycles. The zero-order chi connectivity index (χ0) is 11.7. The summed E-state index contributed by atoms with van der Waals surface area (Å²) in [7, 11) is 0. The minimum Gasteiger partial charge on any atom is -0.302 e. The number of hydrogen-bond donors (Lipinski definition) is 0. The smallest absolute Gasteiger partial charge is 0.130 e. The molecule has 1 saturated carbocycles. The predicted molar refractivity (Wildman–Crippen MR) is 68.8 cm³/mol. The number of carbonyl (C=O) groups excluding carboxylic acids is 1. The second-order valence-electron chi connectivity index (χ2n) is 5.30. The molecule has 0 radical (unpaired) electrons. The molecule has 0 unspecified atom stereocenters. The first-order valence-electron chi connectivity index (χ1n) is 6.57. The van der Waals surface area contributed by atoms with E-state index in [-0.39, 0.29) is 5.41 Å². The van der Waals surface area contributed by atoms with E-state index < -0.39 is 0 Å². The van der Waals surface area contributed by atoms with Crippen LogP contribution < -0.4 is 0 Å². The molecule has 0 N–H and O–H groups in total. The molecule has 1 aromatic rings. The monoisotopic (exact) mass is 226 g/mol. The molecule has 0 spiro atoms. The van der Waals surface area contributed by atoms with Crippen molar-refractivity contribution in [3.63, 3.8) is 0 Å². The van der Waals surface area contributed by atoms with Gasteiger partial charge < -0.3 is 4.79 Å². The van der Waals surface area contributed by atoms with Gasteiger partial charge in [-0.25, -0.2) is 0 Å². The molecule has 2 atom stereocenters. The normalized spacial score (nSPS) is 31.8. The average molecular weight is 226 g/mol. The Morgan fingerprint density at radius 2 is 2.00 bits per heavy atom. The van der Waals surface area contributed by atoms with Gasteiger partial charge in [0.05, 0.1) is 5.41 Å². The van der Waals surface area contributed by atoms with E-state index in [0.717, 1.165) is 19.3 Å². The summed E-state index contributed by atoms with van der Waals surface area (Å²) in [6, 6.07) is 10.5. The summed E-state index contributed by atoms with van der Waals surface area (Å²) in [5.41, 5.74) is 2.60. The van der Waals surface area contributed by atoms with Gasteiger partial charge in [-0.3, -0.25) is 0 Å². The second kappa shape index (κ2) is 4.14. The highest BCUT2D eigenvalue weighted by Crippen LogP contribution is 2.63. The fraction of sp³-hybridized carbons (Fsp3) is 0.438. The number of benzene rings is 1. The van der Waals surface area contributed by atoms with Crippen molar-refractivity contribution in [2.75, 3.05) is 0 Å². The SMILES string of the molecule is O=C[C@@]1(C2=CCCCC2)C[C@@H]1c1ccccc1. The van der Waals surface area contributed by atoms with E-state index in [0.29, 0.717) is 5.92 Å². The summed E-state index contributed by atoms with van der Waals surface area (Å²) in [5.74, 6) is 0.436. The van der Waals surface area contributed by atoms with Gasteiger partial charge in [-0.15, -0.1) is 0 Å². The van der Waals surface area contributed by atoms with Crippen LogP contribution in [-0.4, -0.2) is 6.29 Å². The van der Waals surface area contributed by atoms with Crippen molar-refractivity contribution in [3.05, 3.63) is 47.5 Å². The van der Waals surface area contributed by atoms with Crippen LogP contribution in [0.25, 0.3) is 0 Å². The van der Waals surface area contributed by atoms with Gasteiger partial charge in [0.25, 0.3) is 0 Å². The van der Waals surface area contributed by atoms with E-state index in [1.807, 2.05) is 6.07 Å². The Morgan fingerprint density at radius 3 is 2.65 bits per heavy atom. The van der Waals surface area contributed by atoms with Crippen LogP contribution >= 0.6 is 0 Å². The molecule has 0 heterocycles. The molecule has 3 rings (SSSR count). The predicted octanol–water partition coefficient (Wildman–Crippen LogP) is 3.86. The van der Waals surface area contributed by atoms with Gasteiger partial charge in [0, 0.05) is 5.92 Å².